The lowest BCUT2D eigenvalue weighted by atomic mass is 9.82. The highest BCUT2D eigenvalue weighted by molar-refractivity contribution is 7.48. The van der Waals surface area contributed by atoms with E-state index in [4.69, 9.17) is 9.73 Å². The normalized spacial score (nSPS) is 14.3. The molecule has 0 saturated carbocycles. The molecule has 3 aromatic carbocycles. The third-order valence-corrected chi connectivity index (χ3v) is 9.00. The van der Waals surface area contributed by atoms with Crippen molar-refractivity contribution in [2.45, 2.75) is 111 Å². The number of aryl methyl sites for hydroxylation is 1. The summed E-state index contributed by atoms with van der Waals surface area (Å²) in [7, 11) is 0.602. The van der Waals surface area contributed by atoms with E-state index < -0.39 is 0 Å². The van der Waals surface area contributed by atoms with Crippen molar-refractivity contribution in [2.24, 2.45) is 4.99 Å². The standard InChI is InChI=1S/C36H50NOP/c1-10-11-17-22-36(9,39-32-21-16-15-20-29(32)25-37-35(6,7)8)31-24-30(34(3,4)5)23-27(2)33(31)38-26-28-18-13-12-14-19-28/h12-16,18-21,23-25,39H,10-11,17,22,26H2,1-9H3/b37-25+. The number of ether oxygens (including phenoxy) is 1. The summed E-state index contributed by atoms with van der Waals surface area (Å²) in [5, 5.41) is 1.32. The van der Waals surface area contributed by atoms with E-state index in [1.807, 2.05) is 0 Å². The van der Waals surface area contributed by atoms with Crippen molar-refractivity contribution in [2.75, 3.05) is 0 Å². The molecule has 3 rings (SSSR count). The first-order chi connectivity index (χ1) is 18.3. The lowest BCUT2D eigenvalue weighted by molar-refractivity contribution is 0.296. The number of aliphatic imine (C=N–C) groups is 1. The molecule has 0 amide bonds. The van der Waals surface area contributed by atoms with Crippen molar-refractivity contribution >= 4 is 20.1 Å². The van der Waals surface area contributed by atoms with Gasteiger partial charge in [0.25, 0.3) is 0 Å². The monoisotopic (exact) mass is 543 g/mol. The maximum atomic E-state index is 6.71. The van der Waals surface area contributed by atoms with Gasteiger partial charge in [-0.3, -0.25) is 4.99 Å². The number of rotatable bonds is 11. The van der Waals surface area contributed by atoms with E-state index in [0.717, 1.165) is 12.2 Å². The highest BCUT2D eigenvalue weighted by Gasteiger charge is 2.33. The number of unbranched alkanes of at least 4 members (excludes halogenated alkanes) is 2. The van der Waals surface area contributed by atoms with E-state index in [1.54, 1.807) is 0 Å². The van der Waals surface area contributed by atoms with Crippen molar-refractivity contribution in [1.82, 2.24) is 0 Å². The fraction of sp³-hybridized carbons (Fsp3) is 0.472. The Kier molecular flexibility index (Phi) is 10.6. The molecule has 0 aliphatic rings. The zero-order valence-electron chi connectivity index (χ0n) is 25.8. The third-order valence-electron chi connectivity index (χ3n) is 7.20. The van der Waals surface area contributed by atoms with Gasteiger partial charge in [-0.25, -0.2) is 0 Å². The van der Waals surface area contributed by atoms with E-state index >= 15 is 0 Å². The van der Waals surface area contributed by atoms with Crippen LogP contribution in [0.1, 0.15) is 109 Å². The predicted octanol–water partition coefficient (Wildman–Crippen LogP) is 9.89. The molecule has 3 aromatic rings. The summed E-state index contributed by atoms with van der Waals surface area (Å²) in [5.41, 5.74) is 6.32. The van der Waals surface area contributed by atoms with Crippen LogP contribution in [-0.2, 0) is 17.2 Å². The second-order valence-electron chi connectivity index (χ2n) is 13.1. The van der Waals surface area contributed by atoms with Gasteiger partial charge in [-0.15, -0.1) is 0 Å². The minimum absolute atomic E-state index is 0.0567. The Hall–Kier alpha value is -2.44. The van der Waals surface area contributed by atoms with E-state index in [1.165, 1.54) is 52.4 Å². The van der Waals surface area contributed by atoms with Crippen molar-refractivity contribution in [3.05, 3.63) is 94.5 Å². The van der Waals surface area contributed by atoms with Crippen molar-refractivity contribution < 1.29 is 4.74 Å². The maximum absolute atomic E-state index is 6.71. The molecule has 0 aromatic heterocycles. The van der Waals surface area contributed by atoms with E-state index in [0.29, 0.717) is 15.2 Å². The molecular formula is C36H50NOP. The second kappa shape index (κ2) is 13.3. The number of hydrogen-bond donors (Lipinski definition) is 0. The Balaban J connectivity index is 2.14. The largest absolute Gasteiger partial charge is 0.488 e. The maximum Gasteiger partial charge on any atom is 0.126 e. The molecule has 210 valence electrons. The van der Waals surface area contributed by atoms with Gasteiger partial charge in [0.2, 0.25) is 0 Å². The average Bonchev–Trinajstić information content (AvgIpc) is 2.87. The summed E-state index contributed by atoms with van der Waals surface area (Å²) < 4.78 is 6.71. The summed E-state index contributed by atoms with van der Waals surface area (Å²) in [6.07, 6.45) is 6.87. The second-order valence-corrected chi connectivity index (χ2v) is 15.0. The fourth-order valence-electron chi connectivity index (χ4n) is 4.82. The van der Waals surface area contributed by atoms with Crippen LogP contribution in [0.15, 0.2) is 71.7 Å². The molecule has 0 heterocycles. The van der Waals surface area contributed by atoms with Gasteiger partial charge in [0.05, 0.1) is 5.54 Å². The van der Waals surface area contributed by atoms with Gasteiger partial charge in [0.15, 0.2) is 0 Å². The molecule has 0 spiro atoms. The molecule has 0 radical (unpaired) electrons. The van der Waals surface area contributed by atoms with E-state index in [2.05, 4.69) is 135 Å². The molecule has 39 heavy (non-hydrogen) atoms. The summed E-state index contributed by atoms with van der Waals surface area (Å²) in [5.74, 6) is 1.05. The number of nitrogens with zero attached hydrogens (tertiary/aromatic N) is 1. The van der Waals surface area contributed by atoms with Crippen molar-refractivity contribution in [1.29, 1.82) is 0 Å². The molecule has 2 unspecified atom stereocenters. The minimum Gasteiger partial charge on any atom is -0.488 e. The minimum atomic E-state index is -0.0999. The topological polar surface area (TPSA) is 21.6 Å². The quantitative estimate of drug-likeness (QED) is 0.134. The molecule has 2 atom stereocenters. The highest BCUT2D eigenvalue weighted by atomic mass is 31.1. The van der Waals surface area contributed by atoms with Crippen molar-refractivity contribution in [3.8, 4) is 5.75 Å². The molecule has 2 nitrogen and oxygen atoms in total. The van der Waals surface area contributed by atoms with Crippen LogP contribution < -0.4 is 10.0 Å². The van der Waals surface area contributed by atoms with Gasteiger partial charge in [0, 0.05) is 16.9 Å². The van der Waals surface area contributed by atoms with Gasteiger partial charge >= 0.3 is 0 Å². The first kappa shape index (κ1) is 31.1. The zero-order valence-corrected chi connectivity index (χ0v) is 26.8. The van der Waals surface area contributed by atoms with Crippen LogP contribution >= 0.6 is 8.58 Å². The van der Waals surface area contributed by atoms with Gasteiger partial charge in [-0.2, -0.15) is 0 Å². The first-order valence-electron chi connectivity index (χ1n) is 14.6. The molecule has 0 saturated heterocycles. The van der Waals surface area contributed by atoms with Gasteiger partial charge in [0.1, 0.15) is 12.4 Å². The van der Waals surface area contributed by atoms with Gasteiger partial charge < -0.3 is 4.74 Å². The average molecular weight is 544 g/mol. The van der Waals surface area contributed by atoms with Gasteiger partial charge in [-0.05, 0) is 67.1 Å². The van der Waals surface area contributed by atoms with Crippen LogP contribution in [-0.4, -0.2) is 11.8 Å². The van der Waals surface area contributed by atoms with Crippen LogP contribution in [0, 0.1) is 6.92 Å². The van der Waals surface area contributed by atoms with Crippen LogP contribution in [0.3, 0.4) is 0 Å². The Labute approximate surface area is 240 Å². The SMILES string of the molecule is CCCCCC(C)(Pc1ccccc1/C=N/C(C)(C)C)c1cc(C(C)(C)C)cc(C)c1OCc1ccccc1. The first-order valence-corrected chi connectivity index (χ1v) is 15.6. The third kappa shape index (κ3) is 9.04. The van der Waals surface area contributed by atoms with Crippen LogP contribution in [0.4, 0.5) is 0 Å². The molecule has 0 bridgehead atoms. The Morgan fingerprint density at radius 2 is 1.51 bits per heavy atom. The predicted molar refractivity (Wildman–Crippen MR) is 174 cm³/mol. The molecule has 0 aliphatic heterocycles. The van der Waals surface area contributed by atoms with Crippen LogP contribution in [0.25, 0.3) is 0 Å². The lowest BCUT2D eigenvalue weighted by Crippen LogP contribution is -2.24. The summed E-state index contributed by atoms with van der Waals surface area (Å²) in [6, 6.07) is 24.1. The number of benzene rings is 3. The van der Waals surface area contributed by atoms with Crippen molar-refractivity contribution in [3.63, 3.8) is 0 Å². The molecule has 3 heteroatoms. The van der Waals surface area contributed by atoms with E-state index in [-0.39, 0.29) is 16.1 Å². The molecular weight excluding hydrogens is 493 g/mol. The molecule has 0 aliphatic carbocycles. The Bertz CT molecular complexity index is 1230. The number of hydrogen-bond acceptors (Lipinski definition) is 2. The smallest absolute Gasteiger partial charge is 0.126 e. The highest BCUT2D eigenvalue weighted by Crippen LogP contribution is 2.50. The summed E-state index contributed by atoms with van der Waals surface area (Å²) >= 11 is 0. The summed E-state index contributed by atoms with van der Waals surface area (Å²) in [4.78, 5) is 4.86. The van der Waals surface area contributed by atoms with Crippen LogP contribution in [0.2, 0.25) is 0 Å². The zero-order chi connectivity index (χ0) is 28.7. The molecule has 0 fully saturated rings. The van der Waals surface area contributed by atoms with E-state index in [9.17, 15) is 0 Å². The Morgan fingerprint density at radius 3 is 2.15 bits per heavy atom. The Morgan fingerprint density at radius 1 is 0.846 bits per heavy atom. The fourth-order valence-corrected chi connectivity index (χ4v) is 6.50. The lowest BCUT2D eigenvalue weighted by Gasteiger charge is -2.35. The van der Waals surface area contributed by atoms with Crippen LogP contribution in [0.5, 0.6) is 5.75 Å². The van der Waals surface area contributed by atoms with Gasteiger partial charge in [-0.1, -0.05) is 129 Å². The molecule has 0 N–H and O–H groups in total. The summed E-state index contributed by atoms with van der Waals surface area (Å²) in [6.45, 7) is 20.9.